The molecule has 1 aromatic rings. The van der Waals surface area contributed by atoms with Crippen molar-refractivity contribution in [2.24, 2.45) is 0 Å². The molecule has 2 rings (SSSR count). The zero-order chi connectivity index (χ0) is 17.0. The molecule has 2 amide bonds. The number of ether oxygens (including phenoxy) is 1. The van der Waals surface area contributed by atoms with Crippen LogP contribution in [0.4, 0.5) is 10.5 Å². The van der Waals surface area contributed by atoms with Gasteiger partial charge in [-0.1, -0.05) is 6.08 Å². The summed E-state index contributed by atoms with van der Waals surface area (Å²) in [5, 5.41) is 2.79. The van der Waals surface area contributed by atoms with Crippen molar-refractivity contribution >= 4 is 33.6 Å². The van der Waals surface area contributed by atoms with Gasteiger partial charge in [-0.05, 0) is 55.3 Å². The summed E-state index contributed by atoms with van der Waals surface area (Å²) in [5.41, 5.74) is 0.576. The van der Waals surface area contributed by atoms with Crippen molar-refractivity contribution in [2.45, 2.75) is 32.8 Å². The highest BCUT2D eigenvalue weighted by Gasteiger charge is 2.26. The molecule has 23 heavy (non-hydrogen) atoms. The largest absolute Gasteiger partial charge is 0.444 e. The van der Waals surface area contributed by atoms with Gasteiger partial charge in [0, 0.05) is 18.3 Å². The van der Waals surface area contributed by atoms with Gasteiger partial charge in [0.25, 0.3) is 5.91 Å². The summed E-state index contributed by atoms with van der Waals surface area (Å²) in [5.74, 6) is -0.244. The van der Waals surface area contributed by atoms with Crippen LogP contribution in [-0.2, 0) is 9.53 Å². The summed E-state index contributed by atoms with van der Waals surface area (Å²) >= 11 is 3.29. The lowest BCUT2D eigenvalue weighted by atomic mass is 10.1. The number of carbonyl (C=O) groups is 2. The van der Waals surface area contributed by atoms with Crippen LogP contribution in [0.2, 0.25) is 0 Å². The second-order valence-corrected chi connectivity index (χ2v) is 6.97. The first-order valence-corrected chi connectivity index (χ1v) is 8.14. The van der Waals surface area contributed by atoms with Crippen molar-refractivity contribution in [2.75, 3.05) is 18.4 Å². The van der Waals surface area contributed by atoms with Crippen LogP contribution in [0.1, 0.15) is 27.2 Å². The van der Waals surface area contributed by atoms with E-state index in [0.717, 1.165) is 0 Å². The van der Waals surface area contributed by atoms with Gasteiger partial charge in [0.05, 0.1) is 12.2 Å². The van der Waals surface area contributed by atoms with E-state index in [1.165, 1.54) is 0 Å². The van der Waals surface area contributed by atoms with Crippen molar-refractivity contribution in [3.05, 3.63) is 34.6 Å². The highest BCUT2D eigenvalue weighted by atomic mass is 79.9. The lowest BCUT2D eigenvalue weighted by molar-refractivity contribution is -0.113. The number of nitrogens with zero attached hydrogens (tertiary/aromatic N) is 2. The molecule has 1 aromatic heterocycles. The monoisotopic (exact) mass is 381 g/mol. The highest BCUT2D eigenvalue weighted by Crippen LogP contribution is 2.21. The summed E-state index contributed by atoms with van der Waals surface area (Å²) < 4.78 is 5.92. The number of hydrogen-bond acceptors (Lipinski definition) is 4. The van der Waals surface area contributed by atoms with Gasteiger partial charge in [0.2, 0.25) is 0 Å². The molecule has 0 aromatic carbocycles. The van der Waals surface area contributed by atoms with E-state index in [2.05, 4.69) is 26.2 Å². The maximum atomic E-state index is 12.4. The van der Waals surface area contributed by atoms with E-state index in [-0.39, 0.29) is 12.5 Å². The van der Waals surface area contributed by atoms with E-state index in [4.69, 9.17) is 4.74 Å². The molecule has 1 aliphatic rings. The van der Waals surface area contributed by atoms with Gasteiger partial charge in [0.15, 0.2) is 0 Å². The number of hydrogen-bond donors (Lipinski definition) is 1. The van der Waals surface area contributed by atoms with Gasteiger partial charge >= 0.3 is 6.09 Å². The number of carbonyl (C=O) groups excluding carboxylic acids is 2. The number of pyridine rings is 1. The van der Waals surface area contributed by atoms with Gasteiger partial charge in [-0.25, -0.2) is 9.78 Å². The Morgan fingerprint density at radius 3 is 2.78 bits per heavy atom. The van der Waals surface area contributed by atoms with E-state index in [1.807, 2.05) is 26.8 Å². The lowest BCUT2D eigenvalue weighted by Gasteiger charge is -2.29. The van der Waals surface area contributed by atoms with Crippen molar-refractivity contribution in [1.82, 2.24) is 9.88 Å². The molecule has 0 atom stereocenters. The standard InChI is InChI=1S/C16H20BrN3O3/c1-16(2,3)23-15(22)20-9-5-6-11(10-20)14(21)19-12-7-4-8-18-13(12)17/h4,6-8H,5,9-10H2,1-3H3,(H,19,21). The maximum Gasteiger partial charge on any atom is 0.410 e. The maximum absolute atomic E-state index is 12.4. The second-order valence-electron chi connectivity index (χ2n) is 6.22. The fourth-order valence-corrected chi connectivity index (χ4v) is 2.42. The number of anilines is 1. The summed E-state index contributed by atoms with van der Waals surface area (Å²) in [6, 6.07) is 3.49. The first-order valence-electron chi connectivity index (χ1n) is 7.35. The van der Waals surface area contributed by atoms with E-state index in [9.17, 15) is 9.59 Å². The minimum Gasteiger partial charge on any atom is -0.444 e. The first-order chi connectivity index (χ1) is 10.8. The Balaban J connectivity index is 2.01. The highest BCUT2D eigenvalue weighted by molar-refractivity contribution is 9.10. The Morgan fingerprint density at radius 2 is 2.13 bits per heavy atom. The van der Waals surface area contributed by atoms with Crippen LogP contribution >= 0.6 is 15.9 Å². The van der Waals surface area contributed by atoms with E-state index in [0.29, 0.717) is 28.8 Å². The quantitative estimate of drug-likeness (QED) is 0.797. The van der Waals surface area contributed by atoms with E-state index in [1.54, 1.807) is 23.2 Å². The Hall–Kier alpha value is -1.89. The number of amides is 2. The molecule has 6 nitrogen and oxygen atoms in total. The van der Waals surface area contributed by atoms with Crippen LogP contribution in [0.5, 0.6) is 0 Å². The van der Waals surface area contributed by atoms with Crippen LogP contribution < -0.4 is 5.32 Å². The molecule has 2 heterocycles. The Morgan fingerprint density at radius 1 is 1.39 bits per heavy atom. The van der Waals surface area contributed by atoms with Crippen LogP contribution in [0.25, 0.3) is 0 Å². The molecule has 0 saturated heterocycles. The molecule has 7 heteroatoms. The van der Waals surface area contributed by atoms with Crippen LogP contribution in [0.3, 0.4) is 0 Å². The Kier molecular flexibility index (Phi) is 5.41. The summed E-state index contributed by atoms with van der Waals surface area (Å²) in [6.07, 6.45) is 3.69. The molecule has 124 valence electrons. The summed E-state index contributed by atoms with van der Waals surface area (Å²) in [6.45, 7) is 6.23. The van der Waals surface area contributed by atoms with Gasteiger partial charge in [-0.3, -0.25) is 4.79 Å². The fourth-order valence-electron chi connectivity index (χ4n) is 2.07. The smallest absolute Gasteiger partial charge is 0.410 e. The Bertz CT molecular complexity index is 638. The van der Waals surface area contributed by atoms with Crippen molar-refractivity contribution < 1.29 is 14.3 Å². The number of aromatic nitrogens is 1. The molecular weight excluding hydrogens is 362 g/mol. The van der Waals surface area contributed by atoms with Gasteiger partial charge < -0.3 is 15.0 Å². The van der Waals surface area contributed by atoms with Crippen LogP contribution in [-0.4, -0.2) is 40.6 Å². The van der Waals surface area contributed by atoms with Gasteiger partial charge in [-0.15, -0.1) is 0 Å². The predicted octanol–water partition coefficient (Wildman–Crippen LogP) is 3.35. The SMILES string of the molecule is CC(C)(C)OC(=O)N1CCC=C(C(=O)Nc2cccnc2Br)C1. The first kappa shape index (κ1) is 17.5. The average Bonchev–Trinajstić information content (AvgIpc) is 2.48. The third-order valence-electron chi connectivity index (χ3n) is 3.10. The van der Waals surface area contributed by atoms with Gasteiger partial charge in [-0.2, -0.15) is 0 Å². The molecule has 1 N–H and O–H groups in total. The van der Waals surface area contributed by atoms with E-state index < -0.39 is 11.7 Å². The topological polar surface area (TPSA) is 71.5 Å². The van der Waals surface area contributed by atoms with Crippen molar-refractivity contribution in [3.63, 3.8) is 0 Å². The third kappa shape index (κ3) is 5.06. The number of halogens is 1. The number of rotatable bonds is 2. The number of nitrogens with one attached hydrogen (secondary N) is 1. The molecule has 0 saturated carbocycles. The average molecular weight is 382 g/mol. The van der Waals surface area contributed by atoms with Crippen LogP contribution in [0.15, 0.2) is 34.6 Å². The predicted molar refractivity (Wildman–Crippen MR) is 91.1 cm³/mol. The Labute approximate surface area is 144 Å². The zero-order valence-corrected chi connectivity index (χ0v) is 15.0. The summed E-state index contributed by atoms with van der Waals surface area (Å²) in [4.78, 5) is 30.1. The zero-order valence-electron chi connectivity index (χ0n) is 13.4. The van der Waals surface area contributed by atoms with Gasteiger partial charge in [0.1, 0.15) is 10.2 Å². The molecule has 0 fully saturated rings. The van der Waals surface area contributed by atoms with Crippen LogP contribution in [0, 0.1) is 0 Å². The van der Waals surface area contributed by atoms with Crippen molar-refractivity contribution in [1.29, 1.82) is 0 Å². The normalized spacial score (nSPS) is 15.0. The molecule has 0 unspecified atom stereocenters. The fraction of sp³-hybridized carbons (Fsp3) is 0.438. The second kappa shape index (κ2) is 7.12. The minimum absolute atomic E-state index is 0.235. The minimum atomic E-state index is -0.554. The van der Waals surface area contributed by atoms with Crippen molar-refractivity contribution in [3.8, 4) is 0 Å². The molecule has 0 aliphatic carbocycles. The molecule has 0 radical (unpaired) electrons. The molecular formula is C16H20BrN3O3. The van der Waals surface area contributed by atoms with E-state index >= 15 is 0 Å². The molecule has 0 spiro atoms. The molecule has 0 bridgehead atoms. The molecule has 1 aliphatic heterocycles. The summed E-state index contributed by atoms with van der Waals surface area (Å²) in [7, 11) is 0. The lowest BCUT2D eigenvalue weighted by Crippen LogP contribution is -2.41. The third-order valence-corrected chi connectivity index (χ3v) is 3.73.